The average molecular weight is 326 g/mol. The average Bonchev–Trinajstić information content (AvgIpc) is 2.44. The molecule has 0 aliphatic carbocycles. The number of hydrogen-bond donors (Lipinski definition) is 3. The Morgan fingerprint density at radius 3 is 2.33 bits per heavy atom. The number of nitrogens with zero attached hydrogens (tertiary/aromatic N) is 2. The van der Waals surface area contributed by atoms with Gasteiger partial charge in [0.15, 0.2) is 0 Å². The van der Waals surface area contributed by atoms with Crippen LogP contribution >= 0.6 is 23.2 Å². The van der Waals surface area contributed by atoms with Crippen molar-refractivity contribution in [3.05, 3.63) is 39.6 Å². The first-order chi connectivity index (χ1) is 9.90. The summed E-state index contributed by atoms with van der Waals surface area (Å²) < 4.78 is 0. The molecule has 2 rings (SSSR count). The van der Waals surface area contributed by atoms with Crippen molar-refractivity contribution in [1.82, 2.24) is 9.97 Å². The number of nitrogens with one attached hydrogen (secondary N) is 2. The molecule has 1 heterocycles. The predicted octanol–water partition coefficient (Wildman–Crippen LogP) is 4.24. The Hall–Kier alpha value is -1.56. The normalized spacial score (nSPS) is 10.8. The SMILES string of the molecule is Cc1cc(Cl)c(Nc2cc(NN)nc(C(C)C)n2)cc1Cl. The number of rotatable bonds is 4. The van der Waals surface area contributed by atoms with Gasteiger partial charge in [-0.1, -0.05) is 37.0 Å². The van der Waals surface area contributed by atoms with Gasteiger partial charge in [0.2, 0.25) is 0 Å². The van der Waals surface area contributed by atoms with Gasteiger partial charge in [-0.15, -0.1) is 0 Å². The van der Waals surface area contributed by atoms with Crippen molar-refractivity contribution >= 4 is 40.5 Å². The molecule has 21 heavy (non-hydrogen) atoms. The fraction of sp³-hybridized carbons (Fsp3) is 0.286. The third kappa shape index (κ3) is 3.75. The molecule has 5 nitrogen and oxygen atoms in total. The second-order valence-corrected chi connectivity index (χ2v) is 5.82. The summed E-state index contributed by atoms with van der Waals surface area (Å²) in [5.41, 5.74) is 4.14. The number of hydrogen-bond acceptors (Lipinski definition) is 5. The third-order valence-corrected chi connectivity index (χ3v) is 3.64. The fourth-order valence-corrected chi connectivity index (χ4v) is 2.17. The van der Waals surface area contributed by atoms with E-state index in [1.165, 1.54) is 0 Å². The Kier molecular flexibility index (Phi) is 4.88. The minimum absolute atomic E-state index is 0.177. The summed E-state index contributed by atoms with van der Waals surface area (Å²) in [7, 11) is 0. The highest BCUT2D eigenvalue weighted by Gasteiger charge is 2.10. The molecule has 1 aromatic carbocycles. The van der Waals surface area contributed by atoms with E-state index in [4.69, 9.17) is 29.0 Å². The summed E-state index contributed by atoms with van der Waals surface area (Å²) in [5.74, 6) is 7.43. The number of benzene rings is 1. The molecule has 1 aromatic heterocycles. The Morgan fingerprint density at radius 1 is 1.05 bits per heavy atom. The number of hydrazine groups is 1. The van der Waals surface area contributed by atoms with Crippen LogP contribution in [-0.2, 0) is 0 Å². The lowest BCUT2D eigenvalue weighted by Gasteiger charge is -2.13. The second kappa shape index (κ2) is 6.47. The first kappa shape index (κ1) is 15.8. The van der Waals surface area contributed by atoms with E-state index in [1.54, 1.807) is 18.2 Å². The van der Waals surface area contributed by atoms with Crippen LogP contribution in [0.1, 0.15) is 31.2 Å². The molecule has 0 radical (unpaired) electrons. The van der Waals surface area contributed by atoms with E-state index in [0.717, 1.165) is 5.56 Å². The summed E-state index contributed by atoms with van der Waals surface area (Å²) in [6.45, 7) is 5.92. The number of anilines is 3. The van der Waals surface area contributed by atoms with Crippen LogP contribution in [0, 0.1) is 6.92 Å². The minimum atomic E-state index is 0.177. The lowest BCUT2D eigenvalue weighted by molar-refractivity contribution is 0.777. The zero-order chi connectivity index (χ0) is 15.6. The molecule has 0 aliphatic heterocycles. The fourth-order valence-electron chi connectivity index (χ4n) is 1.74. The number of aromatic nitrogens is 2. The number of halogens is 2. The van der Waals surface area contributed by atoms with Crippen LogP contribution in [0.15, 0.2) is 18.2 Å². The molecule has 0 atom stereocenters. The van der Waals surface area contributed by atoms with Crippen molar-refractivity contribution < 1.29 is 0 Å². The number of nitrogen functional groups attached to an aromatic ring is 1. The summed E-state index contributed by atoms with van der Waals surface area (Å²) in [6, 6.07) is 5.28. The molecule has 0 spiro atoms. The topological polar surface area (TPSA) is 75.9 Å². The minimum Gasteiger partial charge on any atom is -0.339 e. The molecule has 0 amide bonds. The smallest absolute Gasteiger partial charge is 0.145 e. The first-order valence-corrected chi connectivity index (χ1v) is 7.24. The van der Waals surface area contributed by atoms with Crippen molar-refractivity contribution in [1.29, 1.82) is 0 Å². The van der Waals surface area contributed by atoms with Gasteiger partial charge in [-0.25, -0.2) is 15.8 Å². The molecule has 4 N–H and O–H groups in total. The monoisotopic (exact) mass is 325 g/mol. The zero-order valence-electron chi connectivity index (χ0n) is 12.0. The number of nitrogens with two attached hydrogens (primary N) is 1. The molecule has 112 valence electrons. The molecule has 0 unspecified atom stereocenters. The molecule has 0 saturated heterocycles. The third-order valence-electron chi connectivity index (χ3n) is 2.92. The maximum absolute atomic E-state index is 6.22. The van der Waals surface area contributed by atoms with Crippen molar-refractivity contribution in [3.8, 4) is 0 Å². The molecule has 0 saturated carbocycles. The van der Waals surface area contributed by atoms with Crippen LogP contribution in [0.5, 0.6) is 0 Å². The van der Waals surface area contributed by atoms with Gasteiger partial charge in [0.25, 0.3) is 0 Å². The lowest BCUT2D eigenvalue weighted by atomic mass is 10.2. The van der Waals surface area contributed by atoms with E-state index in [0.29, 0.717) is 33.2 Å². The van der Waals surface area contributed by atoms with Crippen LogP contribution in [-0.4, -0.2) is 9.97 Å². The predicted molar refractivity (Wildman–Crippen MR) is 88.4 cm³/mol. The maximum atomic E-state index is 6.22. The van der Waals surface area contributed by atoms with Crippen molar-refractivity contribution in [2.24, 2.45) is 5.84 Å². The van der Waals surface area contributed by atoms with Gasteiger partial charge in [0.05, 0.1) is 10.7 Å². The van der Waals surface area contributed by atoms with E-state index in [2.05, 4.69) is 20.7 Å². The number of aryl methyl sites for hydroxylation is 1. The highest BCUT2D eigenvalue weighted by atomic mass is 35.5. The highest BCUT2D eigenvalue weighted by molar-refractivity contribution is 6.35. The van der Waals surface area contributed by atoms with Crippen molar-refractivity contribution in [2.45, 2.75) is 26.7 Å². The maximum Gasteiger partial charge on any atom is 0.145 e. The largest absolute Gasteiger partial charge is 0.339 e. The summed E-state index contributed by atoms with van der Waals surface area (Å²) in [6.07, 6.45) is 0. The highest BCUT2D eigenvalue weighted by Crippen LogP contribution is 2.31. The Morgan fingerprint density at radius 2 is 1.71 bits per heavy atom. The standard InChI is InChI=1S/C14H17Cl2N5/c1-7(2)14-19-12(6-13(20-14)21-17)18-11-5-9(15)8(3)4-10(11)16/h4-7H,17H2,1-3H3,(H2,18,19,20,21). The Labute approximate surface area is 133 Å². The van der Waals surface area contributed by atoms with Gasteiger partial charge >= 0.3 is 0 Å². The van der Waals surface area contributed by atoms with E-state index >= 15 is 0 Å². The Bertz CT molecular complexity index is 658. The van der Waals surface area contributed by atoms with Crippen LogP contribution < -0.4 is 16.6 Å². The molecule has 7 heteroatoms. The van der Waals surface area contributed by atoms with E-state index < -0.39 is 0 Å². The van der Waals surface area contributed by atoms with Crippen molar-refractivity contribution in [3.63, 3.8) is 0 Å². The van der Waals surface area contributed by atoms with Crippen LogP contribution in [0.2, 0.25) is 10.0 Å². The molecule has 0 fully saturated rings. The van der Waals surface area contributed by atoms with Crippen LogP contribution in [0.25, 0.3) is 0 Å². The molecule has 2 aromatic rings. The molecular formula is C14H17Cl2N5. The van der Waals surface area contributed by atoms with Gasteiger partial charge in [-0.3, -0.25) is 0 Å². The molecule has 0 aliphatic rings. The Balaban J connectivity index is 2.39. The van der Waals surface area contributed by atoms with Crippen molar-refractivity contribution in [2.75, 3.05) is 10.7 Å². The van der Waals surface area contributed by atoms with Crippen LogP contribution in [0.3, 0.4) is 0 Å². The quantitative estimate of drug-likeness (QED) is 0.578. The van der Waals surface area contributed by atoms with Gasteiger partial charge in [0, 0.05) is 17.0 Å². The van der Waals surface area contributed by atoms with Gasteiger partial charge in [0.1, 0.15) is 17.5 Å². The second-order valence-electron chi connectivity index (χ2n) is 5.00. The van der Waals surface area contributed by atoms with Crippen LogP contribution in [0.4, 0.5) is 17.3 Å². The zero-order valence-corrected chi connectivity index (χ0v) is 13.5. The van der Waals surface area contributed by atoms with E-state index in [1.807, 2.05) is 20.8 Å². The first-order valence-electron chi connectivity index (χ1n) is 6.49. The summed E-state index contributed by atoms with van der Waals surface area (Å²) in [5, 5.41) is 4.36. The van der Waals surface area contributed by atoms with Gasteiger partial charge < -0.3 is 10.7 Å². The summed E-state index contributed by atoms with van der Waals surface area (Å²) in [4.78, 5) is 8.75. The lowest BCUT2D eigenvalue weighted by Crippen LogP contribution is -2.12. The van der Waals surface area contributed by atoms with Gasteiger partial charge in [-0.05, 0) is 24.6 Å². The van der Waals surface area contributed by atoms with Gasteiger partial charge in [-0.2, -0.15) is 0 Å². The molecule has 0 bridgehead atoms. The van der Waals surface area contributed by atoms with E-state index in [9.17, 15) is 0 Å². The summed E-state index contributed by atoms with van der Waals surface area (Å²) >= 11 is 12.4. The van der Waals surface area contributed by atoms with E-state index in [-0.39, 0.29) is 5.92 Å². The molecular weight excluding hydrogens is 309 g/mol.